The van der Waals surface area contributed by atoms with Gasteiger partial charge >= 0.3 is 0 Å². The van der Waals surface area contributed by atoms with Gasteiger partial charge in [-0.3, -0.25) is 9.55 Å². The van der Waals surface area contributed by atoms with Crippen LogP contribution in [0.25, 0.3) is 17.1 Å². The predicted molar refractivity (Wildman–Crippen MR) is 109 cm³/mol. The molecular weight excluding hydrogens is 370 g/mol. The van der Waals surface area contributed by atoms with Crippen molar-refractivity contribution in [1.82, 2.24) is 24.9 Å². The number of rotatable bonds is 6. The molecule has 0 aliphatic heterocycles. The molecule has 0 aliphatic rings. The summed E-state index contributed by atoms with van der Waals surface area (Å²) >= 11 is 1.58. The first-order valence-electron chi connectivity index (χ1n) is 9.13. The van der Waals surface area contributed by atoms with Crippen LogP contribution in [-0.2, 0) is 5.75 Å². The van der Waals surface area contributed by atoms with Gasteiger partial charge in [0.25, 0.3) is 0 Å². The number of pyridine rings is 1. The van der Waals surface area contributed by atoms with Crippen LogP contribution < -0.4 is 0 Å². The molecule has 3 heterocycles. The predicted octanol–water partition coefficient (Wildman–Crippen LogP) is 5.04. The number of nitrogens with zero attached hydrogens (tertiary/aromatic N) is 5. The van der Waals surface area contributed by atoms with Crippen molar-refractivity contribution >= 4 is 11.8 Å². The minimum Gasteiger partial charge on any atom is -0.360 e. The summed E-state index contributed by atoms with van der Waals surface area (Å²) in [6, 6.07) is 14.2. The van der Waals surface area contributed by atoms with Crippen molar-refractivity contribution in [3.05, 3.63) is 71.9 Å². The summed E-state index contributed by atoms with van der Waals surface area (Å²) in [5.74, 6) is 2.60. The summed E-state index contributed by atoms with van der Waals surface area (Å²) in [7, 11) is 0. The zero-order valence-corrected chi connectivity index (χ0v) is 16.8. The van der Waals surface area contributed by atoms with Gasteiger partial charge in [-0.05, 0) is 36.6 Å². The summed E-state index contributed by atoms with van der Waals surface area (Å²) in [5.41, 5.74) is 4.12. The summed E-state index contributed by atoms with van der Waals surface area (Å²) in [6.07, 6.45) is 3.57. The minimum absolute atomic E-state index is 0.370. The van der Waals surface area contributed by atoms with Gasteiger partial charge in [-0.25, -0.2) is 0 Å². The van der Waals surface area contributed by atoms with Crippen LogP contribution in [0, 0.1) is 6.92 Å². The number of benzene rings is 1. The monoisotopic (exact) mass is 391 g/mol. The van der Waals surface area contributed by atoms with Crippen LogP contribution in [0.4, 0.5) is 0 Å². The highest BCUT2D eigenvalue weighted by Crippen LogP contribution is 2.33. The Balaban J connectivity index is 1.80. The number of para-hydroxylation sites is 1. The van der Waals surface area contributed by atoms with Gasteiger partial charge in [0.15, 0.2) is 11.0 Å². The van der Waals surface area contributed by atoms with E-state index in [-0.39, 0.29) is 0 Å². The molecule has 0 saturated heterocycles. The molecule has 142 valence electrons. The third-order valence-corrected chi connectivity index (χ3v) is 5.32. The van der Waals surface area contributed by atoms with E-state index in [0.29, 0.717) is 11.7 Å². The SMILES string of the molecule is Cc1cc(CSc2nnc(-c3cccnc3)n2-c2ccccc2C(C)C)on1. The molecule has 4 rings (SSSR count). The quantitative estimate of drug-likeness (QED) is 0.429. The van der Waals surface area contributed by atoms with Crippen molar-refractivity contribution in [3.8, 4) is 17.1 Å². The Morgan fingerprint density at radius 1 is 1.11 bits per heavy atom. The van der Waals surface area contributed by atoms with E-state index >= 15 is 0 Å². The van der Waals surface area contributed by atoms with Crippen molar-refractivity contribution in [1.29, 1.82) is 0 Å². The lowest BCUT2D eigenvalue weighted by Crippen LogP contribution is -2.05. The molecule has 3 aromatic heterocycles. The number of hydrogen-bond donors (Lipinski definition) is 0. The van der Waals surface area contributed by atoms with Crippen LogP contribution in [0.5, 0.6) is 0 Å². The largest absolute Gasteiger partial charge is 0.360 e. The van der Waals surface area contributed by atoms with Gasteiger partial charge in [-0.2, -0.15) is 0 Å². The molecule has 28 heavy (non-hydrogen) atoms. The average Bonchev–Trinajstić information content (AvgIpc) is 3.33. The first-order valence-corrected chi connectivity index (χ1v) is 10.1. The molecule has 1 aromatic carbocycles. The van der Waals surface area contributed by atoms with Gasteiger partial charge in [0.05, 0.1) is 17.1 Å². The molecule has 0 aliphatic carbocycles. The van der Waals surface area contributed by atoms with E-state index < -0.39 is 0 Å². The first-order chi connectivity index (χ1) is 13.6. The van der Waals surface area contributed by atoms with E-state index in [4.69, 9.17) is 4.52 Å². The molecule has 4 aromatic rings. The molecule has 0 bridgehead atoms. The van der Waals surface area contributed by atoms with E-state index in [2.05, 4.69) is 57.0 Å². The minimum atomic E-state index is 0.370. The normalized spacial score (nSPS) is 11.3. The third kappa shape index (κ3) is 3.71. The number of aromatic nitrogens is 5. The molecule has 0 fully saturated rings. The standard InChI is InChI=1S/C21H21N5OS/c1-14(2)18-8-4-5-9-19(18)26-20(16-7-6-10-22-12-16)23-24-21(26)28-13-17-11-15(3)25-27-17/h4-12,14H,13H2,1-3H3. The van der Waals surface area contributed by atoms with Gasteiger partial charge in [-0.15, -0.1) is 10.2 Å². The van der Waals surface area contributed by atoms with E-state index in [1.165, 1.54) is 5.56 Å². The lowest BCUT2D eigenvalue weighted by Gasteiger charge is -2.16. The molecule has 0 saturated carbocycles. The molecule has 7 heteroatoms. The average molecular weight is 392 g/mol. The van der Waals surface area contributed by atoms with Crippen molar-refractivity contribution in [2.45, 2.75) is 37.6 Å². The van der Waals surface area contributed by atoms with Crippen LogP contribution in [0.3, 0.4) is 0 Å². The molecule has 0 atom stereocenters. The molecule has 0 radical (unpaired) electrons. The maximum atomic E-state index is 5.35. The van der Waals surface area contributed by atoms with Crippen molar-refractivity contribution < 1.29 is 4.52 Å². The van der Waals surface area contributed by atoms with Crippen LogP contribution >= 0.6 is 11.8 Å². The fourth-order valence-electron chi connectivity index (χ4n) is 3.06. The van der Waals surface area contributed by atoms with E-state index in [0.717, 1.165) is 33.7 Å². The second-order valence-corrected chi connectivity index (χ2v) is 7.76. The second-order valence-electron chi connectivity index (χ2n) is 6.82. The smallest absolute Gasteiger partial charge is 0.196 e. The van der Waals surface area contributed by atoms with Crippen molar-refractivity contribution in [3.63, 3.8) is 0 Å². The van der Waals surface area contributed by atoms with E-state index in [1.807, 2.05) is 37.4 Å². The Kier molecular flexibility index (Phi) is 5.25. The molecule has 6 nitrogen and oxygen atoms in total. The summed E-state index contributed by atoms with van der Waals surface area (Å²) in [6.45, 7) is 6.30. The Bertz CT molecular complexity index is 1070. The van der Waals surface area contributed by atoms with E-state index in [1.54, 1.807) is 18.0 Å². The number of hydrogen-bond acceptors (Lipinski definition) is 6. The van der Waals surface area contributed by atoms with Gasteiger partial charge in [0.1, 0.15) is 5.76 Å². The number of thioether (sulfide) groups is 1. The molecule has 0 amide bonds. The summed E-state index contributed by atoms with van der Waals surface area (Å²) in [5, 5.41) is 13.7. The van der Waals surface area contributed by atoms with E-state index in [9.17, 15) is 0 Å². The van der Waals surface area contributed by atoms with Gasteiger partial charge in [0.2, 0.25) is 0 Å². The van der Waals surface area contributed by atoms with Crippen LogP contribution in [0.15, 0.2) is 64.5 Å². The maximum absolute atomic E-state index is 5.35. The zero-order valence-electron chi connectivity index (χ0n) is 16.0. The molecular formula is C21H21N5OS. The number of aryl methyl sites for hydroxylation is 1. The Morgan fingerprint density at radius 2 is 1.96 bits per heavy atom. The van der Waals surface area contributed by atoms with Crippen LogP contribution in [0.1, 0.15) is 36.8 Å². The van der Waals surface area contributed by atoms with Gasteiger partial charge in [0, 0.05) is 24.0 Å². The summed E-state index contributed by atoms with van der Waals surface area (Å²) in [4.78, 5) is 4.25. The van der Waals surface area contributed by atoms with Crippen LogP contribution in [0.2, 0.25) is 0 Å². The molecule has 0 spiro atoms. The van der Waals surface area contributed by atoms with Gasteiger partial charge in [-0.1, -0.05) is 49.0 Å². The summed E-state index contributed by atoms with van der Waals surface area (Å²) < 4.78 is 7.46. The fourth-order valence-corrected chi connectivity index (χ4v) is 3.88. The topological polar surface area (TPSA) is 69.6 Å². The van der Waals surface area contributed by atoms with Crippen molar-refractivity contribution in [2.24, 2.45) is 0 Å². The third-order valence-electron chi connectivity index (χ3n) is 4.37. The lowest BCUT2D eigenvalue weighted by atomic mass is 10.0. The highest BCUT2D eigenvalue weighted by atomic mass is 32.2. The first kappa shape index (κ1) is 18.4. The highest BCUT2D eigenvalue weighted by Gasteiger charge is 2.20. The lowest BCUT2D eigenvalue weighted by molar-refractivity contribution is 0.391. The Morgan fingerprint density at radius 3 is 2.68 bits per heavy atom. The Labute approximate surface area is 168 Å². The highest BCUT2D eigenvalue weighted by molar-refractivity contribution is 7.98. The Hall–Kier alpha value is -2.93. The zero-order chi connectivity index (χ0) is 19.5. The van der Waals surface area contributed by atoms with Gasteiger partial charge < -0.3 is 4.52 Å². The van der Waals surface area contributed by atoms with Crippen LogP contribution in [-0.4, -0.2) is 24.9 Å². The molecule has 0 unspecified atom stereocenters. The fraction of sp³-hybridized carbons (Fsp3) is 0.238. The molecule has 0 N–H and O–H groups in total. The maximum Gasteiger partial charge on any atom is 0.196 e. The van der Waals surface area contributed by atoms with Crippen molar-refractivity contribution in [2.75, 3.05) is 0 Å². The second kappa shape index (κ2) is 7.98.